The van der Waals surface area contributed by atoms with Gasteiger partial charge in [-0.05, 0) is 57.5 Å². The SMILES string of the molecule is C[C@H](CC(O)CC(=O)CC(O)C[C@@H](C)O[Si](c1ccccc1)(c1ccccc1)C(C)(C)C)O[Si](c1ccccc1)(c1ccccc1)C(C)(C)C. The van der Waals surface area contributed by atoms with Crippen molar-refractivity contribution in [2.75, 3.05) is 0 Å². The summed E-state index contributed by atoms with van der Waals surface area (Å²) in [6, 6.07) is 41.7. The maximum Gasteiger partial charge on any atom is 0.261 e. The van der Waals surface area contributed by atoms with Crippen molar-refractivity contribution in [3.05, 3.63) is 121 Å². The van der Waals surface area contributed by atoms with Crippen LogP contribution in [0.2, 0.25) is 10.1 Å². The van der Waals surface area contributed by atoms with Gasteiger partial charge < -0.3 is 19.1 Å². The van der Waals surface area contributed by atoms with Gasteiger partial charge >= 0.3 is 0 Å². The molecular weight excluding hydrogens is 653 g/mol. The van der Waals surface area contributed by atoms with Gasteiger partial charge in [-0.2, -0.15) is 0 Å². The van der Waals surface area contributed by atoms with E-state index in [0.717, 1.165) is 0 Å². The van der Waals surface area contributed by atoms with Crippen molar-refractivity contribution in [1.29, 1.82) is 0 Å². The number of carbonyl (C=O) groups excluding carboxylic acids is 1. The monoisotopic (exact) mass is 710 g/mol. The van der Waals surface area contributed by atoms with E-state index in [9.17, 15) is 15.0 Å². The Kier molecular flexibility index (Phi) is 13.4. The third-order valence-electron chi connectivity index (χ3n) is 9.72. The number of hydrogen-bond acceptors (Lipinski definition) is 5. The Balaban J connectivity index is 1.42. The Morgan fingerprint density at radius 3 is 0.980 bits per heavy atom. The third kappa shape index (κ3) is 9.18. The molecule has 0 fully saturated rings. The van der Waals surface area contributed by atoms with E-state index in [1.54, 1.807) is 0 Å². The average molecular weight is 711 g/mol. The van der Waals surface area contributed by atoms with Crippen molar-refractivity contribution < 1.29 is 23.9 Å². The molecule has 50 heavy (non-hydrogen) atoms. The first-order valence-electron chi connectivity index (χ1n) is 18.1. The molecule has 2 N–H and O–H groups in total. The Morgan fingerprint density at radius 1 is 0.520 bits per heavy atom. The molecule has 5 nitrogen and oxygen atoms in total. The lowest BCUT2D eigenvalue weighted by Gasteiger charge is -2.45. The predicted molar refractivity (Wildman–Crippen MR) is 212 cm³/mol. The third-order valence-corrected chi connectivity index (χ3v) is 20.0. The van der Waals surface area contributed by atoms with Gasteiger partial charge in [0.2, 0.25) is 0 Å². The van der Waals surface area contributed by atoms with Crippen molar-refractivity contribution in [3.8, 4) is 0 Å². The summed E-state index contributed by atoms with van der Waals surface area (Å²) in [6.07, 6.45) is -1.78. The van der Waals surface area contributed by atoms with Crippen LogP contribution in [0, 0.1) is 0 Å². The average Bonchev–Trinajstić information content (AvgIpc) is 3.06. The van der Waals surface area contributed by atoms with Gasteiger partial charge in [0.15, 0.2) is 0 Å². The van der Waals surface area contributed by atoms with E-state index < -0.39 is 28.8 Å². The zero-order valence-corrected chi connectivity index (χ0v) is 33.3. The second kappa shape index (κ2) is 16.9. The molecule has 0 aliphatic carbocycles. The van der Waals surface area contributed by atoms with E-state index in [0.29, 0.717) is 12.8 Å². The Hall–Kier alpha value is -3.18. The summed E-state index contributed by atoms with van der Waals surface area (Å²) in [5.41, 5.74) is 0. The van der Waals surface area contributed by atoms with Crippen LogP contribution in [-0.2, 0) is 13.6 Å². The standard InChI is InChI=1S/C43H58O5Si2/c1-33(47-49(42(3,4)5,38-21-13-9-14-22-38)39-23-15-10-16-24-39)29-35(44)31-37(46)32-36(45)30-34(2)48-50(43(6,7)8,40-25-17-11-18-26-40)41-27-19-12-20-28-41/h9-28,33-36,44-45H,29-32H2,1-8H3/t33-,34-,35?,36?/m1/s1. The number of Topliss-reactive ketones (excluding diaryl/α,β-unsaturated/α-hetero) is 1. The van der Waals surface area contributed by atoms with E-state index in [1.807, 2.05) is 38.1 Å². The van der Waals surface area contributed by atoms with Gasteiger partial charge in [0.05, 0.1) is 12.2 Å². The molecule has 268 valence electrons. The molecular formula is C43H58O5Si2. The Labute approximate surface area is 303 Å². The fourth-order valence-electron chi connectivity index (χ4n) is 7.62. The fraction of sp³-hybridized carbons (Fsp3) is 0.419. The lowest BCUT2D eigenvalue weighted by atomic mass is 10.0. The lowest BCUT2D eigenvalue weighted by Crippen LogP contribution is -2.67. The molecule has 4 rings (SSSR count). The van der Waals surface area contributed by atoms with Gasteiger partial charge in [-0.3, -0.25) is 4.79 Å². The normalized spacial score (nSPS) is 15.2. The minimum absolute atomic E-state index is 0.0323. The highest BCUT2D eigenvalue weighted by molar-refractivity contribution is 7.00. The molecule has 0 radical (unpaired) electrons. The van der Waals surface area contributed by atoms with Crippen molar-refractivity contribution in [2.24, 2.45) is 0 Å². The Bertz CT molecular complexity index is 1400. The van der Waals surface area contributed by atoms with Crippen LogP contribution in [0.1, 0.15) is 81.1 Å². The highest BCUT2D eigenvalue weighted by Gasteiger charge is 2.52. The van der Waals surface area contributed by atoms with Crippen LogP contribution >= 0.6 is 0 Å². The molecule has 0 aliphatic rings. The number of carbonyl (C=O) groups is 1. The smallest absolute Gasteiger partial charge is 0.261 e. The van der Waals surface area contributed by atoms with Crippen LogP contribution in [0.5, 0.6) is 0 Å². The van der Waals surface area contributed by atoms with Crippen molar-refractivity contribution in [2.45, 2.75) is 116 Å². The first-order valence-corrected chi connectivity index (χ1v) is 21.9. The van der Waals surface area contributed by atoms with Crippen molar-refractivity contribution in [3.63, 3.8) is 0 Å². The van der Waals surface area contributed by atoms with Crippen LogP contribution in [0.15, 0.2) is 121 Å². The second-order valence-corrected chi connectivity index (χ2v) is 24.4. The van der Waals surface area contributed by atoms with E-state index in [1.165, 1.54) is 20.7 Å². The summed E-state index contributed by atoms with van der Waals surface area (Å²) in [5, 5.41) is 26.6. The van der Waals surface area contributed by atoms with Gasteiger partial charge in [-0.1, -0.05) is 163 Å². The zero-order valence-electron chi connectivity index (χ0n) is 31.3. The highest BCUT2D eigenvalue weighted by atomic mass is 28.4. The summed E-state index contributed by atoms with van der Waals surface area (Å²) < 4.78 is 14.2. The minimum atomic E-state index is -2.79. The van der Waals surface area contributed by atoms with E-state index in [4.69, 9.17) is 8.85 Å². The zero-order chi connectivity index (χ0) is 36.6. The van der Waals surface area contributed by atoms with Crippen LogP contribution in [0.3, 0.4) is 0 Å². The number of benzene rings is 4. The van der Waals surface area contributed by atoms with Crippen LogP contribution < -0.4 is 20.7 Å². The first kappa shape index (κ1) is 39.6. The summed E-state index contributed by atoms with van der Waals surface area (Å²) in [5.74, 6) is -0.166. The predicted octanol–water partition coefficient (Wildman–Crippen LogP) is 6.77. The number of hydrogen-bond donors (Lipinski definition) is 2. The van der Waals surface area contributed by atoms with Gasteiger partial charge in [-0.25, -0.2) is 0 Å². The number of aliphatic hydroxyl groups excluding tert-OH is 2. The summed E-state index contributed by atoms with van der Waals surface area (Å²) in [6.45, 7) is 17.4. The lowest BCUT2D eigenvalue weighted by molar-refractivity contribution is -0.123. The maximum absolute atomic E-state index is 13.2. The van der Waals surface area contributed by atoms with Crippen LogP contribution in [0.4, 0.5) is 0 Å². The minimum Gasteiger partial charge on any atom is -0.405 e. The Morgan fingerprint density at radius 2 is 0.760 bits per heavy atom. The molecule has 0 amide bonds. The highest BCUT2D eigenvalue weighted by Crippen LogP contribution is 2.39. The van der Waals surface area contributed by atoms with E-state index >= 15 is 0 Å². The number of ketones is 1. The molecule has 4 atom stereocenters. The molecule has 4 aromatic carbocycles. The van der Waals surface area contributed by atoms with Crippen molar-refractivity contribution >= 4 is 43.2 Å². The van der Waals surface area contributed by atoms with Gasteiger partial charge in [-0.15, -0.1) is 0 Å². The van der Waals surface area contributed by atoms with Crippen LogP contribution in [-0.4, -0.2) is 57.0 Å². The van der Waals surface area contributed by atoms with Crippen molar-refractivity contribution in [1.82, 2.24) is 0 Å². The molecule has 0 saturated carbocycles. The molecule has 0 spiro atoms. The topological polar surface area (TPSA) is 76.0 Å². The van der Waals surface area contributed by atoms with Crippen LogP contribution in [0.25, 0.3) is 0 Å². The molecule has 0 heterocycles. The molecule has 7 heteroatoms. The van der Waals surface area contributed by atoms with Gasteiger partial charge in [0, 0.05) is 25.0 Å². The largest absolute Gasteiger partial charge is 0.405 e. The van der Waals surface area contributed by atoms with Gasteiger partial charge in [0.25, 0.3) is 16.6 Å². The summed E-state index contributed by atoms with van der Waals surface area (Å²) in [7, 11) is -5.59. The molecule has 2 unspecified atom stereocenters. The maximum atomic E-state index is 13.2. The fourth-order valence-corrected chi connectivity index (χ4v) is 17.1. The molecule has 0 aromatic heterocycles. The molecule has 0 bridgehead atoms. The number of rotatable bonds is 16. The first-order chi connectivity index (χ1) is 23.6. The summed E-state index contributed by atoms with van der Waals surface area (Å²) >= 11 is 0. The molecule has 0 saturated heterocycles. The second-order valence-electron chi connectivity index (χ2n) is 15.9. The van der Waals surface area contributed by atoms with E-state index in [2.05, 4.69) is 139 Å². The van der Waals surface area contributed by atoms with E-state index in [-0.39, 0.29) is 40.9 Å². The molecule has 4 aromatic rings. The number of aliphatic hydroxyl groups is 2. The molecule has 0 aliphatic heterocycles. The summed E-state index contributed by atoms with van der Waals surface area (Å²) in [4.78, 5) is 13.2. The quantitative estimate of drug-likeness (QED) is 0.126. The van der Waals surface area contributed by atoms with Gasteiger partial charge in [0.1, 0.15) is 5.78 Å².